The predicted molar refractivity (Wildman–Crippen MR) is 112 cm³/mol. The molecule has 0 atom stereocenters. The van der Waals surface area contributed by atoms with Crippen LogP contribution in [0.4, 0.5) is 0 Å². The summed E-state index contributed by atoms with van der Waals surface area (Å²) in [5.41, 5.74) is 3.77. The van der Waals surface area contributed by atoms with E-state index in [2.05, 4.69) is 45.0 Å². The molecule has 1 aliphatic rings. The zero-order valence-corrected chi connectivity index (χ0v) is 17.3. The van der Waals surface area contributed by atoms with Gasteiger partial charge in [-0.05, 0) is 67.4 Å². The molecule has 0 heteroatoms. The van der Waals surface area contributed by atoms with E-state index in [1.54, 1.807) is 11.1 Å². The molecule has 0 amide bonds. The first-order valence-electron chi connectivity index (χ1n) is 11.3. The Hall–Kier alpha value is -0.780. The molecule has 0 radical (unpaired) electrons. The minimum atomic E-state index is 0.629. The smallest absolute Gasteiger partial charge is 0.0162 e. The lowest BCUT2D eigenvalue weighted by Crippen LogP contribution is -2.23. The number of hydrogen-bond acceptors (Lipinski definition) is 0. The van der Waals surface area contributed by atoms with Crippen LogP contribution in [0.5, 0.6) is 0 Å². The molecule has 1 saturated carbocycles. The Morgan fingerprint density at radius 3 is 2.04 bits per heavy atom. The van der Waals surface area contributed by atoms with Crippen molar-refractivity contribution in [3.63, 3.8) is 0 Å². The monoisotopic (exact) mass is 342 g/mol. The van der Waals surface area contributed by atoms with E-state index in [0.717, 1.165) is 5.92 Å². The molecule has 1 aliphatic carbocycles. The van der Waals surface area contributed by atoms with Crippen molar-refractivity contribution >= 4 is 0 Å². The van der Waals surface area contributed by atoms with Crippen LogP contribution in [0, 0.1) is 5.41 Å². The summed E-state index contributed by atoms with van der Waals surface area (Å²) in [7, 11) is 0. The minimum absolute atomic E-state index is 0.629. The summed E-state index contributed by atoms with van der Waals surface area (Å²) in [5.74, 6) is 0.817. The molecule has 0 nitrogen and oxygen atoms in total. The number of rotatable bonds is 11. The van der Waals surface area contributed by atoms with E-state index in [9.17, 15) is 0 Å². The molecule has 2 rings (SSSR count). The Labute approximate surface area is 157 Å². The van der Waals surface area contributed by atoms with Gasteiger partial charge in [-0.3, -0.25) is 0 Å². The fraction of sp³-hybridized carbons (Fsp3) is 0.760. The van der Waals surface area contributed by atoms with Gasteiger partial charge in [-0.2, -0.15) is 0 Å². The zero-order valence-electron chi connectivity index (χ0n) is 17.3. The van der Waals surface area contributed by atoms with Crippen molar-refractivity contribution in [1.29, 1.82) is 0 Å². The summed E-state index contributed by atoms with van der Waals surface area (Å²) in [6.07, 6.45) is 19.5. The van der Waals surface area contributed by atoms with Crippen LogP contribution < -0.4 is 0 Å². The average Bonchev–Trinajstić information content (AvgIpc) is 2.63. The molecule has 0 saturated heterocycles. The third-order valence-electron chi connectivity index (χ3n) is 6.60. The topological polar surface area (TPSA) is 0 Å². The second-order valence-electron chi connectivity index (χ2n) is 8.95. The first-order chi connectivity index (χ1) is 12.2. The Balaban J connectivity index is 1.73. The highest BCUT2D eigenvalue weighted by Gasteiger charge is 2.30. The number of unbranched alkanes of at least 4 members (excludes halogenated alkanes) is 6. The maximum atomic E-state index is 2.54. The van der Waals surface area contributed by atoms with E-state index in [0.29, 0.717) is 5.41 Å². The van der Waals surface area contributed by atoms with Crippen LogP contribution in [0.1, 0.15) is 121 Å². The molecule has 0 heterocycles. The van der Waals surface area contributed by atoms with Crippen LogP contribution in [0.2, 0.25) is 0 Å². The second-order valence-corrected chi connectivity index (χ2v) is 8.95. The van der Waals surface area contributed by atoms with Gasteiger partial charge in [0.05, 0.1) is 0 Å². The van der Waals surface area contributed by atoms with Crippen LogP contribution in [0.25, 0.3) is 0 Å². The summed E-state index contributed by atoms with van der Waals surface area (Å²) >= 11 is 0. The Kier molecular flexibility index (Phi) is 9.07. The summed E-state index contributed by atoms with van der Waals surface area (Å²) in [6.45, 7) is 7.15. The highest BCUT2D eigenvalue weighted by Crippen LogP contribution is 2.45. The maximum absolute atomic E-state index is 2.54. The minimum Gasteiger partial charge on any atom is -0.0654 e. The molecule has 1 fully saturated rings. The lowest BCUT2D eigenvalue weighted by atomic mass is 9.68. The first-order valence-corrected chi connectivity index (χ1v) is 11.3. The standard InChI is InChI=1S/C25H42/c1-4-6-8-9-10-12-22-13-15-23(16-14-22)24-17-20-25(3,21-18-24)19-11-7-5-2/h13-16,24H,4-12,17-21H2,1-3H3/t24-,25+. The molecule has 0 unspecified atom stereocenters. The summed E-state index contributed by atoms with van der Waals surface area (Å²) in [6, 6.07) is 9.69. The van der Waals surface area contributed by atoms with Gasteiger partial charge in [-0.25, -0.2) is 0 Å². The highest BCUT2D eigenvalue weighted by molar-refractivity contribution is 5.26. The van der Waals surface area contributed by atoms with E-state index in [1.165, 1.54) is 89.9 Å². The highest BCUT2D eigenvalue weighted by atomic mass is 14.4. The Bertz CT molecular complexity index is 447. The molecule has 25 heavy (non-hydrogen) atoms. The van der Waals surface area contributed by atoms with Gasteiger partial charge in [0.1, 0.15) is 0 Å². The predicted octanol–water partition coefficient (Wildman–Crippen LogP) is 8.44. The third-order valence-corrected chi connectivity index (χ3v) is 6.60. The fourth-order valence-corrected chi connectivity index (χ4v) is 4.59. The fourth-order valence-electron chi connectivity index (χ4n) is 4.59. The van der Waals surface area contributed by atoms with E-state index < -0.39 is 0 Å². The van der Waals surface area contributed by atoms with Crippen molar-refractivity contribution < 1.29 is 0 Å². The maximum Gasteiger partial charge on any atom is -0.0162 e. The van der Waals surface area contributed by atoms with Gasteiger partial charge in [0.2, 0.25) is 0 Å². The Morgan fingerprint density at radius 2 is 1.40 bits per heavy atom. The van der Waals surface area contributed by atoms with Gasteiger partial charge in [-0.1, -0.05) is 90.0 Å². The van der Waals surface area contributed by atoms with E-state index >= 15 is 0 Å². The van der Waals surface area contributed by atoms with Crippen molar-refractivity contribution in [3.8, 4) is 0 Å². The van der Waals surface area contributed by atoms with Crippen molar-refractivity contribution in [2.24, 2.45) is 5.41 Å². The van der Waals surface area contributed by atoms with Gasteiger partial charge in [0, 0.05) is 0 Å². The summed E-state index contributed by atoms with van der Waals surface area (Å²) in [5, 5.41) is 0. The second kappa shape index (κ2) is 11.0. The molecule has 0 bridgehead atoms. The van der Waals surface area contributed by atoms with Crippen LogP contribution >= 0.6 is 0 Å². The van der Waals surface area contributed by atoms with Crippen LogP contribution in [-0.4, -0.2) is 0 Å². The van der Waals surface area contributed by atoms with Crippen molar-refractivity contribution in [3.05, 3.63) is 35.4 Å². The molecular weight excluding hydrogens is 300 g/mol. The van der Waals surface area contributed by atoms with Crippen LogP contribution in [0.15, 0.2) is 24.3 Å². The van der Waals surface area contributed by atoms with Gasteiger partial charge in [0.15, 0.2) is 0 Å². The van der Waals surface area contributed by atoms with Crippen molar-refractivity contribution in [2.45, 2.75) is 117 Å². The van der Waals surface area contributed by atoms with Crippen LogP contribution in [-0.2, 0) is 6.42 Å². The van der Waals surface area contributed by atoms with Gasteiger partial charge in [-0.15, -0.1) is 0 Å². The number of benzene rings is 1. The molecular formula is C25H42. The van der Waals surface area contributed by atoms with Crippen LogP contribution in [0.3, 0.4) is 0 Å². The van der Waals surface area contributed by atoms with E-state index in [1.807, 2.05) is 0 Å². The molecule has 142 valence electrons. The largest absolute Gasteiger partial charge is 0.0654 e. The molecule has 0 spiro atoms. The normalized spacial score (nSPS) is 23.7. The SMILES string of the molecule is CCCCCCCc1ccc([C@H]2CC[C@@](C)(CCCCC)CC2)cc1. The van der Waals surface area contributed by atoms with Crippen molar-refractivity contribution in [2.75, 3.05) is 0 Å². The molecule has 0 N–H and O–H groups in total. The van der Waals surface area contributed by atoms with Gasteiger partial charge < -0.3 is 0 Å². The van der Waals surface area contributed by atoms with E-state index in [-0.39, 0.29) is 0 Å². The van der Waals surface area contributed by atoms with Gasteiger partial charge >= 0.3 is 0 Å². The van der Waals surface area contributed by atoms with Gasteiger partial charge in [0.25, 0.3) is 0 Å². The molecule has 0 aromatic heterocycles. The zero-order chi connectivity index (χ0) is 18.0. The average molecular weight is 343 g/mol. The molecule has 0 aliphatic heterocycles. The summed E-state index contributed by atoms with van der Waals surface area (Å²) < 4.78 is 0. The molecule has 1 aromatic rings. The third kappa shape index (κ3) is 7.16. The molecule has 1 aromatic carbocycles. The quantitative estimate of drug-likeness (QED) is 0.354. The van der Waals surface area contributed by atoms with E-state index in [4.69, 9.17) is 0 Å². The summed E-state index contributed by atoms with van der Waals surface area (Å²) in [4.78, 5) is 0. The Morgan fingerprint density at radius 1 is 0.800 bits per heavy atom. The lowest BCUT2D eigenvalue weighted by molar-refractivity contribution is 0.178. The first kappa shape index (κ1) is 20.5. The number of aryl methyl sites for hydroxylation is 1. The number of hydrogen-bond donors (Lipinski definition) is 0. The van der Waals surface area contributed by atoms with Crippen molar-refractivity contribution in [1.82, 2.24) is 0 Å². The lowest BCUT2D eigenvalue weighted by Gasteiger charge is -2.38.